The summed E-state index contributed by atoms with van der Waals surface area (Å²) in [4.78, 5) is 15.1. The van der Waals surface area contributed by atoms with E-state index in [2.05, 4.69) is 52.1 Å². The smallest absolute Gasteiger partial charge is 0.252 e. The minimum Gasteiger partial charge on any atom is -0.470 e. The average molecular weight is 341 g/mol. The van der Waals surface area contributed by atoms with Gasteiger partial charge in [0, 0.05) is 30.7 Å². The van der Waals surface area contributed by atoms with E-state index in [9.17, 15) is 0 Å². The number of anilines is 1. The Morgan fingerprint density at radius 2 is 2.04 bits per heavy atom. The maximum absolute atomic E-state index is 6.01. The first-order valence-electron chi connectivity index (χ1n) is 7.94. The molecule has 0 spiro atoms. The molecule has 6 heteroatoms. The summed E-state index contributed by atoms with van der Waals surface area (Å²) in [6.07, 6.45) is 4.08. The summed E-state index contributed by atoms with van der Waals surface area (Å²) >= 11 is 6.01. The summed E-state index contributed by atoms with van der Waals surface area (Å²) in [5.41, 5.74) is 2.26. The molecular weight excluding hydrogens is 324 g/mol. The van der Waals surface area contributed by atoms with Crippen LogP contribution in [0.3, 0.4) is 0 Å². The lowest BCUT2D eigenvalue weighted by molar-refractivity contribution is 0.215. The van der Waals surface area contributed by atoms with Crippen molar-refractivity contribution in [3.8, 4) is 5.88 Å². The summed E-state index contributed by atoms with van der Waals surface area (Å²) in [6, 6.07) is 10.5. The fourth-order valence-electron chi connectivity index (χ4n) is 2.99. The van der Waals surface area contributed by atoms with Gasteiger partial charge >= 0.3 is 0 Å². The second-order valence-electron chi connectivity index (χ2n) is 5.99. The molecule has 2 aromatic heterocycles. The molecule has 0 N–H and O–H groups in total. The van der Waals surface area contributed by atoms with E-state index in [-0.39, 0.29) is 6.10 Å². The zero-order valence-corrected chi connectivity index (χ0v) is 14.1. The van der Waals surface area contributed by atoms with Crippen molar-refractivity contribution in [1.82, 2.24) is 15.0 Å². The van der Waals surface area contributed by atoms with Crippen LogP contribution in [0, 0.1) is 6.92 Å². The highest BCUT2D eigenvalue weighted by molar-refractivity contribution is 6.30. The van der Waals surface area contributed by atoms with E-state index < -0.39 is 0 Å². The minimum absolute atomic E-state index is 0.0368. The van der Waals surface area contributed by atoms with Gasteiger partial charge in [0.2, 0.25) is 0 Å². The predicted octanol–water partition coefficient (Wildman–Crippen LogP) is 3.64. The Labute approximate surface area is 145 Å². The highest BCUT2D eigenvalue weighted by Gasteiger charge is 2.26. The number of nitrogens with zero attached hydrogens (tertiary/aromatic N) is 4. The van der Waals surface area contributed by atoms with Gasteiger partial charge < -0.3 is 9.64 Å². The van der Waals surface area contributed by atoms with Crippen molar-refractivity contribution in [2.75, 3.05) is 18.0 Å². The van der Waals surface area contributed by atoms with Gasteiger partial charge in [-0.2, -0.15) is 0 Å². The molecule has 1 aliphatic rings. The number of aromatic nitrogens is 3. The summed E-state index contributed by atoms with van der Waals surface area (Å²) in [5, 5.41) is 1.47. The van der Waals surface area contributed by atoms with E-state index in [4.69, 9.17) is 21.3 Å². The summed E-state index contributed by atoms with van der Waals surface area (Å²) < 4.78 is 5.89. The van der Waals surface area contributed by atoms with Gasteiger partial charge in [-0.3, -0.25) is 0 Å². The molecule has 1 aliphatic heterocycles. The van der Waals surface area contributed by atoms with Gasteiger partial charge in [0.1, 0.15) is 11.9 Å². The quantitative estimate of drug-likeness (QED) is 0.728. The first-order chi connectivity index (χ1) is 11.7. The summed E-state index contributed by atoms with van der Waals surface area (Å²) in [5.74, 6) is 1.37. The molecule has 5 nitrogen and oxygen atoms in total. The number of pyridine rings is 1. The average Bonchev–Trinajstić information content (AvgIpc) is 3.05. The van der Waals surface area contributed by atoms with Crippen molar-refractivity contribution >= 4 is 28.3 Å². The van der Waals surface area contributed by atoms with Crippen LogP contribution in [0.5, 0.6) is 5.88 Å². The maximum Gasteiger partial charge on any atom is 0.252 e. The van der Waals surface area contributed by atoms with Crippen LogP contribution >= 0.6 is 11.6 Å². The normalized spacial score (nSPS) is 17.4. The molecule has 0 aliphatic carbocycles. The molecular formula is C18H17ClN4O. The standard InChI is InChI=1S/C18H17ClN4O/c1-12-2-4-15-13(10-12)3-5-16(22-15)23-9-6-14(11-23)24-18-17(19)20-7-8-21-18/h2-5,7-8,10,14H,6,9,11H2,1H3/t14-/m1/s1. The lowest BCUT2D eigenvalue weighted by Crippen LogP contribution is -2.25. The number of aryl methyl sites for hydroxylation is 1. The fraction of sp³-hybridized carbons (Fsp3) is 0.278. The van der Waals surface area contributed by atoms with Crippen molar-refractivity contribution in [1.29, 1.82) is 0 Å². The monoisotopic (exact) mass is 340 g/mol. The third-order valence-electron chi connectivity index (χ3n) is 4.20. The second-order valence-corrected chi connectivity index (χ2v) is 6.35. The number of benzene rings is 1. The lowest BCUT2D eigenvalue weighted by atomic mass is 10.1. The third-order valence-corrected chi connectivity index (χ3v) is 4.46. The topological polar surface area (TPSA) is 51.1 Å². The molecule has 1 fully saturated rings. The first kappa shape index (κ1) is 15.1. The first-order valence-corrected chi connectivity index (χ1v) is 8.32. The molecule has 0 unspecified atom stereocenters. The van der Waals surface area contributed by atoms with Crippen molar-refractivity contribution < 1.29 is 4.74 Å². The van der Waals surface area contributed by atoms with Gasteiger partial charge in [0.25, 0.3) is 5.88 Å². The molecule has 1 saturated heterocycles. The van der Waals surface area contributed by atoms with Crippen LogP contribution in [0.1, 0.15) is 12.0 Å². The molecule has 122 valence electrons. The van der Waals surface area contributed by atoms with Gasteiger partial charge in [0.05, 0.1) is 12.1 Å². The summed E-state index contributed by atoms with van der Waals surface area (Å²) in [6.45, 7) is 3.75. The number of hydrogen-bond donors (Lipinski definition) is 0. The van der Waals surface area contributed by atoms with Crippen LogP contribution in [-0.4, -0.2) is 34.1 Å². The fourth-order valence-corrected chi connectivity index (χ4v) is 3.14. The third kappa shape index (κ3) is 2.99. The Bertz CT molecular complexity index is 886. The van der Waals surface area contributed by atoms with Gasteiger partial charge in [-0.25, -0.2) is 15.0 Å². The van der Waals surface area contributed by atoms with E-state index in [1.54, 1.807) is 12.4 Å². The number of fused-ring (bicyclic) bond motifs is 1. The van der Waals surface area contributed by atoms with Gasteiger partial charge in [-0.05, 0) is 31.2 Å². The van der Waals surface area contributed by atoms with Crippen LogP contribution < -0.4 is 9.64 Å². The highest BCUT2D eigenvalue weighted by atomic mass is 35.5. The zero-order chi connectivity index (χ0) is 16.5. The molecule has 0 bridgehead atoms. The largest absolute Gasteiger partial charge is 0.470 e. The Morgan fingerprint density at radius 3 is 2.92 bits per heavy atom. The summed E-state index contributed by atoms with van der Waals surface area (Å²) in [7, 11) is 0. The molecule has 24 heavy (non-hydrogen) atoms. The number of ether oxygens (including phenoxy) is 1. The zero-order valence-electron chi connectivity index (χ0n) is 13.3. The Balaban J connectivity index is 1.50. The minimum atomic E-state index is 0.0368. The maximum atomic E-state index is 6.01. The van der Waals surface area contributed by atoms with Gasteiger partial charge in [0.15, 0.2) is 5.15 Å². The predicted molar refractivity (Wildman–Crippen MR) is 94.8 cm³/mol. The lowest BCUT2D eigenvalue weighted by Gasteiger charge is -2.18. The SMILES string of the molecule is Cc1ccc2nc(N3CC[C@@H](Oc4nccnc4Cl)C3)ccc2c1. The van der Waals surface area contributed by atoms with Crippen LogP contribution in [0.25, 0.3) is 10.9 Å². The van der Waals surface area contributed by atoms with E-state index in [0.29, 0.717) is 11.0 Å². The van der Waals surface area contributed by atoms with E-state index in [1.807, 2.05) is 0 Å². The molecule has 0 radical (unpaired) electrons. The van der Waals surface area contributed by atoms with E-state index >= 15 is 0 Å². The molecule has 3 aromatic rings. The van der Waals surface area contributed by atoms with Crippen LogP contribution in [0.15, 0.2) is 42.7 Å². The molecule has 3 heterocycles. The molecule has 1 aromatic carbocycles. The Kier molecular flexibility index (Phi) is 3.94. The number of halogens is 1. The second kappa shape index (κ2) is 6.24. The number of rotatable bonds is 3. The van der Waals surface area contributed by atoms with Crippen LogP contribution in [-0.2, 0) is 0 Å². The van der Waals surface area contributed by atoms with E-state index in [1.165, 1.54) is 5.56 Å². The van der Waals surface area contributed by atoms with Crippen molar-refractivity contribution in [2.45, 2.75) is 19.4 Å². The van der Waals surface area contributed by atoms with E-state index in [0.717, 1.165) is 36.2 Å². The molecule has 4 rings (SSSR count). The number of hydrogen-bond acceptors (Lipinski definition) is 5. The highest BCUT2D eigenvalue weighted by Crippen LogP contribution is 2.26. The van der Waals surface area contributed by atoms with Crippen LogP contribution in [0.2, 0.25) is 5.15 Å². The van der Waals surface area contributed by atoms with Crippen molar-refractivity contribution in [3.05, 3.63) is 53.4 Å². The molecule has 0 amide bonds. The van der Waals surface area contributed by atoms with Gasteiger partial charge in [-0.1, -0.05) is 23.2 Å². The Hall–Kier alpha value is -2.40. The van der Waals surface area contributed by atoms with Crippen LogP contribution in [0.4, 0.5) is 5.82 Å². The van der Waals surface area contributed by atoms with Crippen molar-refractivity contribution in [2.24, 2.45) is 0 Å². The molecule has 0 saturated carbocycles. The van der Waals surface area contributed by atoms with Gasteiger partial charge in [-0.15, -0.1) is 0 Å². The van der Waals surface area contributed by atoms with Crippen molar-refractivity contribution in [3.63, 3.8) is 0 Å². The Morgan fingerprint density at radius 1 is 1.17 bits per heavy atom. The molecule has 1 atom stereocenters.